The van der Waals surface area contributed by atoms with Crippen LogP contribution >= 0.6 is 0 Å². The van der Waals surface area contributed by atoms with Gasteiger partial charge in [-0.25, -0.2) is 4.39 Å². The molecule has 2 N–H and O–H groups in total. The molecule has 22 heavy (non-hydrogen) atoms. The molecule has 0 aromatic heterocycles. The first-order chi connectivity index (χ1) is 10.5. The van der Waals surface area contributed by atoms with E-state index < -0.39 is 0 Å². The molecule has 0 amide bonds. The van der Waals surface area contributed by atoms with E-state index >= 15 is 0 Å². The van der Waals surface area contributed by atoms with Crippen molar-refractivity contribution in [2.75, 3.05) is 27.2 Å². The van der Waals surface area contributed by atoms with Crippen molar-refractivity contribution < 1.29 is 13.9 Å². The van der Waals surface area contributed by atoms with Crippen molar-refractivity contribution in [1.82, 2.24) is 10.6 Å². The van der Waals surface area contributed by atoms with Gasteiger partial charge in [0.25, 0.3) is 0 Å². The molecule has 0 radical (unpaired) electrons. The van der Waals surface area contributed by atoms with E-state index in [9.17, 15) is 9.18 Å². The van der Waals surface area contributed by atoms with E-state index in [1.165, 1.54) is 19.2 Å². The highest BCUT2D eigenvalue weighted by Gasteiger charge is 2.13. The molecule has 0 aliphatic heterocycles. The first kappa shape index (κ1) is 17.9. The Kier molecular flexibility index (Phi) is 7.36. The minimum atomic E-state index is -0.259. The van der Waals surface area contributed by atoms with Crippen molar-refractivity contribution in [2.45, 2.75) is 20.3 Å². The third kappa shape index (κ3) is 5.71. The van der Waals surface area contributed by atoms with Crippen LogP contribution in [-0.4, -0.2) is 39.2 Å². The average Bonchev–Trinajstić information content (AvgIpc) is 2.51. The Morgan fingerprint density at radius 3 is 2.73 bits per heavy atom. The second kappa shape index (κ2) is 9.02. The fraction of sp³-hybridized carbons (Fsp3) is 0.500. The average molecular weight is 309 g/mol. The molecule has 0 saturated carbocycles. The number of guanidine groups is 1. The molecule has 1 aromatic rings. The number of hydrogen-bond donors (Lipinski definition) is 2. The Morgan fingerprint density at radius 1 is 1.41 bits per heavy atom. The largest absolute Gasteiger partial charge is 0.469 e. The van der Waals surface area contributed by atoms with E-state index in [1.54, 1.807) is 20.0 Å². The van der Waals surface area contributed by atoms with Crippen LogP contribution in [-0.2, 0) is 16.0 Å². The maximum atomic E-state index is 13.0. The minimum absolute atomic E-state index is 0.219. The number of esters is 1. The summed E-state index contributed by atoms with van der Waals surface area (Å²) in [7, 11) is 3.04. The summed E-state index contributed by atoms with van der Waals surface area (Å²) in [5.74, 6) is -0.105. The number of nitrogens with one attached hydrogen (secondary N) is 2. The maximum absolute atomic E-state index is 13.0. The molecule has 0 heterocycles. The molecule has 1 aromatic carbocycles. The van der Waals surface area contributed by atoms with Crippen LogP contribution < -0.4 is 10.6 Å². The number of aliphatic imine (C=N–C) groups is 1. The van der Waals surface area contributed by atoms with E-state index in [-0.39, 0.29) is 17.7 Å². The number of carbonyl (C=O) groups excluding carboxylic acids is 1. The lowest BCUT2D eigenvalue weighted by molar-refractivity contribution is -0.144. The first-order valence-corrected chi connectivity index (χ1v) is 7.25. The zero-order valence-corrected chi connectivity index (χ0v) is 13.6. The predicted octanol–water partition coefficient (Wildman–Crippen LogP) is 1.65. The van der Waals surface area contributed by atoms with Crippen molar-refractivity contribution in [3.05, 3.63) is 35.1 Å². The summed E-state index contributed by atoms with van der Waals surface area (Å²) in [6, 6.07) is 4.79. The molecule has 0 spiro atoms. The molecule has 6 heteroatoms. The lowest BCUT2D eigenvalue weighted by atomic mass is 10.1. The van der Waals surface area contributed by atoms with Gasteiger partial charge in [0.1, 0.15) is 5.82 Å². The van der Waals surface area contributed by atoms with E-state index in [2.05, 4.69) is 20.4 Å². The number of aryl methyl sites for hydroxylation is 1. The summed E-state index contributed by atoms with van der Waals surface area (Å²) >= 11 is 0. The van der Waals surface area contributed by atoms with Gasteiger partial charge < -0.3 is 15.4 Å². The first-order valence-electron chi connectivity index (χ1n) is 7.25. The van der Waals surface area contributed by atoms with Crippen LogP contribution in [0.2, 0.25) is 0 Å². The van der Waals surface area contributed by atoms with Crippen LogP contribution in [0, 0.1) is 18.7 Å². The summed E-state index contributed by atoms with van der Waals surface area (Å²) < 4.78 is 17.7. The van der Waals surface area contributed by atoms with Gasteiger partial charge in [-0.15, -0.1) is 0 Å². The Balaban J connectivity index is 2.40. The van der Waals surface area contributed by atoms with Crippen molar-refractivity contribution in [1.29, 1.82) is 0 Å². The highest BCUT2D eigenvalue weighted by atomic mass is 19.1. The van der Waals surface area contributed by atoms with Crippen LogP contribution in [0.4, 0.5) is 4.39 Å². The van der Waals surface area contributed by atoms with Crippen molar-refractivity contribution in [2.24, 2.45) is 10.9 Å². The monoisotopic (exact) mass is 309 g/mol. The fourth-order valence-corrected chi connectivity index (χ4v) is 2.01. The van der Waals surface area contributed by atoms with Gasteiger partial charge in [-0.1, -0.05) is 13.0 Å². The molecular formula is C16H24FN3O2. The molecule has 0 saturated heterocycles. The summed E-state index contributed by atoms with van der Waals surface area (Å²) in [5, 5.41) is 6.24. The van der Waals surface area contributed by atoms with Gasteiger partial charge in [0.15, 0.2) is 5.96 Å². The number of hydrogen-bond acceptors (Lipinski definition) is 3. The Labute approximate surface area is 131 Å². The molecule has 1 atom stereocenters. The Morgan fingerprint density at radius 2 is 2.14 bits per heavy atom. The summed E-state index contributed by atoms with van der Waals surface area (Å²) in [6.45, 7) is 4.79. The van der Waals surface area contributed by atoms with Gasteiger partial charge in [0.05, 0.1) is 13.0 Å². The Bertz CT molecular complexity index is 532. The number of benzene rings is 1. The maximum Gasteiger partial charge on any atom is 0.310 e. The second-order valence-electron chi connectivity index (χ2n) is 5.12. The number of nitrogens with zero attached hydrogens (tertiary/aromatic N) is 1. The van der Waals surface area contributed by atoms with E-state index in [0.29, 0.717) is 19.0 Å². The molecule has 0 bridgehead atoms. The summed E-state index contributed by atoms with van der Waals surface area (Å²) in [6.07, 6.45) is 0.763. The molecule has 122 valence electrons. The van der Waals surface area contributed by atoms with Crippen LogP contribution in [0.1, 0.15) is 18.1 Å². The smallest absolute Gasteiger partial charge is 0.310 e. The van der Waals surface area contributed by atoms with Gasteiger partial charge in [0, 0.05) is 20.1 Å². The lowest BCUT2D eigenvalue weighted by Gasteiger charge is -2.15. The molecule has 0 fully saturated rings. The van der Waals surface area contributed by atoms with Crippen LogP contribution in [0.25, 0.3) is 0 Å². The van der Waals surface area contributed by atoms with Crippen molar-refractivity contribution >= 4 is 11.9 Å². The molecule has 0 aliphatic carbocycles. The predicted molar refractivity (Wildman–Crippen MR) is 85.4 cm³/mol. The number of rotatable bonds is 6. The third-order valence-electron chi connectivity index (χ3n) is 3.39. The van der Waals surface area contributed by atoms with E-state index in [0.717, 1.165) is 17.5 Å². The SMILES string of the molecule is CN=C(NCCc1ccc(F)cc1C)NCC(C)C(=O)OC. The molecule has 1 rings (SSSR count). The molecular weight excluding hydrogens is 285 g/mol. The highest BCUT2D eigenvalue weighted by molar-refractivity contribution is 5.80. The number of ether oxygens (including phenoxy) is 1. The van der Waals surface area contributed by atoms with Gasteiger partial charge in [0.2, 0.25) is 0 Å². The van der Waals surface area contributed by atoms with Gasteiger partial charge in [-0.3, -0.25) is 9.79 Å². The zero-order valence-electron chi connectivity index (χ0n) is 13.6. The number of halogens is 1. The van der Waals surface area contributed by atoms with Gasteiger partial charge >= 0.3 is 5.97 Å². The van der Waals surface area contributed by atoms with Crippen LogP contribution in [0.3, 0.4) is 0 Å². The standard InChI is InChI=1S/C16H24FN3O2/c1-11-9-14(17)6-5-13(11)7-8-19-16(18-3)20-10-12(2)15(21)22-4/h5-6,9,12H,7-8,10H2,1-4H3,(H2,18,19,20). The van der Waals surface area contributed by atoms with Crippen LogP contribution in [0.15, 0.2) is 23.2 Å². The zero-order chi connectivity index (χ0) is 16.5. The number of methoxy groups -OCH3 is 1. The number of carbonyl (C=O) groups is 1. The van der Waals surface area contributed by atoms with Crippen molar-refractivity contribution in [3.8, 4) is 0 Å². The van der Waals surface area contributed by atoms with Crippen LogP contribution in [0.5, 0.6) is 0 Å². The highest BCUT2D eigenvalue weighted by Crippen LogP contribution is 2.10. The quantitative estimate of drug-likeness (QED) is 0.476. The molecule has 5 nitrogen and oxygen atoms in total. The fourth-order valence-electron chi connectivity index (χ4n) is 2.01. The van der Waals surface area contributed by atoms with E-state index in [1.807, 2.05) is 6.92 Å². The summed E-state index contributed by atoms with van der Waals surface area (Å²) in [4.78, 5) is 15.4. The second-order valence-corrected chi connectivity index (χ2v) is 5.12. The topological polar surface area (TPSA) is 62.7 Å². The van der Waals surface area contributed by atoms with E-state index in [4.69, 9.17) is 0 Å². The normalized spacial score (nSPS) is 12.7. The van der Waals surface area contributed by atoms with Gasteiger partial charge in [-0.05, 0) is 36.6 Å². The molecule has 0 aliphatic rings. The van der Waals surface area contributed by atoms with Crippen molar-refractivity contribution in [3.63, 3.8) is 0 Å². The van der Waals surface area contributed by atoms with Gasteiger partial charge in [-0.2, -0.15) is 0 Å². The minimum Gasteiger partial charge on any atom is -0.469 e. The third-order valence-corrected chi connectivity index (χ3v) is 3.39. The summed E-state index contributed by atoms with van der Waals surface area (Å²) in [5.41, 5.74) is 2.02. The Hall–Kier alpha value is -2.11. The lowest BCUT2D eigenvalue weighted by Crippen LogP contribution is -2.41. The molecule has 1 unspecified atom stereocenters.